The van der Waals surface area contributed by atoms with Crippen LogP contribution in [-0.2, 0) is 19.5 Å². The highest BCUT2D eigenvalue weighted by Gasteiger charge is 2.16. The van der Waals surface area contributed by atoms with E-state index in [0.717, 1.165) is 66.1 Å². The van der Waals surface area contributed by atoms with E-state index in [1.807, 2.05) is 27.3 Å². The van der Waals surface area contributed by atoms with E-state index in [1.54, 1.807) is 0 Å². The molecular weight excluding hydrogens is 448 g/mol. The molecule has 0 spiro atoms. The molecule has 2 heterocycles. The topological polar surface area (TPSA) is 81.4 Å². The van der Waals surface area contributed by atoms with Gasteiger partial charge >= 0.3 is 5.69 Å². The van der Waals surface area contributed by atoms with Gasteiger partial charge in [-0.2, -0.15) is 0 Å². The molecule has 2 aromatic heterocycles. The smallest absolute Gasteiger partial charge is 0.299 e. The number of unbranched alkanes of at least 4 members (excludes halogenated alkanes) is 1. The van der Waals surface area contributed by atoms with Crippen molar-refractivity contribution in [3.63, 3.8) is 0 Å². The van der Waals surface area contributed by atoms with Crippen LogP contribution in [0.1, 0.15) is 69.5 Å². The van der Waals surface area contributed by atoms with Gasteiger partial charge < -0.3 is 0 Å². The summed E-state index contributed by atoms with van der Waals surface area (Å²) >= 11 is 0. The van der Waals surface area contributed by atoms with Crippen LogP contribution in [0.2, 0.25) is 0 Å². The lowest BCUT2D eigenvalue weighted by atomic mass is 9.87. The highest BCUT2D eigenvalue weighted by Crippen LogP contribution is 2.30. The number of benzene rings is 2. The van der Waals surface area contributed by atoms with Gasteiger partial charge in [-0.15, -0.1) is 5.10 Å². The van der Waals surface area contributed by atoms with E-state index in [9.17, 15) is 4.79 Å². The van der Waals surface area contributed by atoms with Gasteiger partial charge in [0.2, 0.25) is 0 Å². The van der Waals surface area contributed by atoms with E-state index < -0.39 is 0 Å². The Labute approximate surface area is 212 Å². The maximum Gasteiger partial charge on any atom is 0.328 e. The molecule has 1 N–H and O–H groups in total. The van der Waals surface area contributed by atoms with Gasteiger partial charge in [0, 0.05) is 24.0 Å². The molecule has 4 aromatic rings. The minimum Gasteiger partial charge on any atom is -0.299 e. The van der Waals surface area contributed by atoms with Gasteiger partial charge in [-0.3, -0.25) is 9.13 Å². The number of hydrogen-bond acceptors (Lipinski definition) is 4. The number of imidazole rings is 1. The molecule has 7 heteroatoms. The highest BCUT2D eigenvalue weighted by molar-refractivity contribution is 5.80. The number of aromatic amines is 1. The average molecular weight is 485 g/mol. The summed E-state index contributed by atoms with van der Waals surface area (Å²) < 4.78 is 3.95. The summed E-state index contributed by atoms with van der Waals surface area (Å²) in [5.74, 6) is 1.42. The molecule has 5 rings (SSSR count). The molecule has 188 valence electrons. The standard InChI is InChI=1S/C29H36N6O/c1-2-3-11-25-21-34(19-18-22-9-5-4-6-10-22)29(36)35(25)20-23-14-16-24(17-15-23)26-12-7-8-13-27(26)28-30-32-33-31-28/h7-8,12-17,21-22H,2-6,9-11,18-20H2,1H3,(H,30,31,32,33). The number of aromatic nitrogens is 6. The Hall–Kier alpha value is -3.48. The zero-order valence-corrected chi connectivity index (χ0v) is 21.2. The molecule has 1 aliphatic carbocycles. The molecule has 2 aromatic carbocycles. The molecule has 0 saturated heterocycles. The monoisotopic (exact) mass is 484 g/mol. The molecular formula is C29H36N6O. The molecule has 7 nitrogen and oxygen atoms in total. The summed E-state index contributed by atoms with van der Waals surface area (Å²) in [6.07, 6.45) is 13.1. The minimum absolute atomic E-state index is 0.129. The predicted molar refractivity (Wildman–Crippen MR) is 143 cm³/mol. The van der Waals surface area contributed by atoms with E-state index in [-0.39, 0.29) is 5.69 Å². The van der Waals surface area contributed by atoms with Gasteiger partial charge in [0.25, 0.3) is 0 Å². The van der Waals surface area contributed by atoms with Crippen LogP contribution in [0.4, 0.5) is 0 Å². The Morgan fingerprint density at radius 1 is 1.00 bits per heavy atom. The number of aryl methyl sites for hydroxylation is 2. The first-order valence-electron chi connectivity index (χ1n) is 13.4. The first kappa shape index (κ1) is 24.2. The van der Waals surface area contributed by atoms with Crippen LogP contribution in [0.3, 0.4) is 0 Å². The Bertz CT molecular complexity index is 1300. The minimum atomic E-state index is 0.129. The van der Waals surface area contributed by atoms with Crippen molar-refractivity contribution in [2.45, 2.75) is 77.8 Å². The molecule has 0 radical (unpaired) electrons. The second kappa shape index (κ2) is 11.5. The SMILES string of the molecule is CCCCc1cn(CCC2CCCCC2)c(=O)n1Cc1ccc(-c2ccccc2-c2nnn[nH]2)cc1. The van der Waals surface area contributed by atoms with Crippen LogP contribution in [0.25, 0.3) is 22.5 Å². The fourth-order valence-electron chi connectivity index (χ4n) is 5.45. The van der Waals surface area contributed by atoms with Crippen LogP contribution < -0.4 is 5.69 Å². The molecule has 1 fully saturated rings. The molecule has 1 saturated carbocycles. The van der Waals surface area contributed by atoms with Crippen LogP contribution in [0.15, 0.2) is 59.5 Å². The third kappa shape index (κ3) is 5.50. The van der Waals surface area contributed by atoms with Crippen molar-refractivity contribution in [2.75, 3.05) is 0 Å². The second-order valence-corrected chi connectivity index (χ2v) is 10.1. The summed E-state index contributed by atoms with van der Waals surface area (Å²) in [7, 11) is 0. The first-order chi connectivity index (χ1) is 17.7. The fourth-order valence-corrected chi connectivity index (χ4v) is 5.45. The van der Waals surface area contributed by atoms with Crippen molar-refractivity contribution in [3.8, 4) is 22.5 Å². The van der Waals surface area contributed by atoms with Crippen molar-refractivity contribution in [2.24, 2.45) is 5.92 Å². The normalized spacial score (nSPS) is 14.4. The van der Waals surface area contributed by atoms with Gasteiger partial charge in [0.15, 0.2) is 5.82 Å². The Morgan fingerprint density at radius 3 is 2.50 bits per heavy atom. The van der Waals surface area contributed by atoms with Crippen molar-refractivity contribution < 1.29 is 0 Å². The summed E-state index contributed by atoms with van der Waals surface area (Å²) in [6.45, 7) is 3.64. The summed E-state index contributed by atoms with van der Waals surface area (Å²) in [5.41, 5.74) is 5.53. The van der Waals surface area contributed by atoms with Gasteiger partial charge in [0.1, 0.15) is 0 Å². The maximum absolute atomic E-state index is 13.4. The molecule has 0 unspecified atom stereocenters. The van der Waals surface area contributed by atoms with Crippen molar-refractivity contribution in [1.82, 2.24) is 29.8 Å². The summed E-state index contributed by atoms with van der Waals surface area (Å²) in [4.78, 5) is 13.4. The Morgan fingerprint density at radius 2 is 1.78 bits per heavy atom. The van der Waals surface area contributed by atoms with Crippen molar-refractivity contribution >= 4 is 0 Å². The fraction of sp³-hybridized carbons (Fsp3) is 0.448. The van der Waals surface area contributed by atoms with Crippen molar-refractivity contribution in [1.29, 1.82) is 0 Å². The van der Waals surface area contributed by atoms with Crippen LogP contribution >= 0.6 is 0 Å². The second-order valence-electron chi connectivity index (χ2n) is 10.1. The molecule has 0 atom stereocenters. The molecule has 0 aliphatic heterocycles. The van der Waals surface area contributed by atoms with Gasteiger partial charge in [0.05, 0.1) is 6.54 Å². The highest BCUT2D eigenvalue weighted by atomic mass is 16.1. The van der Waals surface area contributed by atoms with Crippen molar-refractivity contribution in [3.05, 3.63) is 76.5 Å². The number of hydrogen-bond donors (Lipinski definition) is 1. The van der Waals surface area contributed by atoms with Crippen LogP contribution in [-0.4, -0.2) is 29.8 Å². The van der Waals surface area contributed by atoms with Gasteiger partial charge in [-0.25, -0.2) is 9.89 Å². The Kier molecular flexibility index (Phi) is 7.74. The summed E-state index contributed by atoms with van der Waals surface area (Å²) in [5, 5.41) is 14.4. The van der Waals surface area contributed by atoms with Gasteiger partial charge in [-0.05, 0) is 52.3 Å². The van der Waals surface area contributed by atoms with E-state index in [1.165, 1.54) is 32.1 Å². The summed E-state index contributed by atoms with van der Waals surface area (Å²) in [6, 6.07) is 16.6. The van der Waals surface area contributed by atoms with Crippen LogP contribution in [0.5, 0.6) is 0 Å². The lowest BCUT2D eigenvalue weighted by Crippen LogP contribution is -2.26. The largest absolute Gasteiger partial charge is 0.328 e. The van der Waals surface area contributed by atoms with E-state index in [4.69, 9.17) is 0 Å². The number of rotatable bonds is 10. The van der Waals surface area contributed by atoms with E-state index in [0.29, 0.717) is 12.4 Å². The number of H-pyrrole nitrogens is 1. The number of nitrogens with one attached hydrogen (secondary N) is 1. The molecule has 1 aliphatic rings. The molecule has 0 bridgehead atoms. The average Bonchev–Trinajstić information content (AvgIpc) is 3.56. The molecule has 0 amide bonds. The Balaban J connectivity index is 1.35. The quantitative estimate of drug-likeness (QED) is 0.306. The lowest BCUT2D eigenvalue weighted by molar-refractivity contribution is 0.322. The molecule has 36 heavy (non-hydrogen) atoms. The number of tetrazole rings is 1. The van der Waals surface area contributed by atoms with E-state index in [2.05, 4.69) is 64.1 Å². The van der Waals surface area contributed by atoms with E-state index >= 15 is 0 Å². The predicted octanol–water partition coefficient (Wildman–Crippen LogP) is 5.86. The number of nitrogens with zero attached hydrogens (tertiary/aromatic N) is 5. The first-order valence-corrected chi connectivity index (χ1v) is 13.4. The third-order valence-corrected chi connectivity index (χ3v) is 7.55. The zero-order chi connectivity index (χ0) is 24.7. The van der Waals surface area contributed by atoms with Gasteiger partial charge in [-0.1, -0.05) is 94.0 Å². The van der Waals surface area contributed by atoms with Crippen LogP contribution in [0, 0.1) is 5.92 Å². The lowest BCUT2D eigenvalue weighted by Gasteiger charge is -2.21. The maximum atomic E-state index is 13.4. The zero-order valence-electron chi connectivity index (χ0n) is 21.2. The third-order valence-electron chi connectivity index (χ3n) is 7.55.